The number of anilines is 1. The lowest BCUT2D eigenvalue weighted by Crippen LogP contribution is -2.52. The molecule has 9 nitrogen and oxygen atoms in total. The van der Waals surface area contributed by atoms with Gasteiger partial charge < -0.3 is 19.7 Å². The van der Waals surface area contributed by atoms with Gasteiger partial charge in [-0.1, -0.05) is 53.9 Å². The number of amides is 2. The van der Waals surface area contributed by atoms with E-state index in [1.54, 1.807) is 50.2 Å². The summed E-state index contributed by atoms with van der Waals surface area (Å²) in [6.45, 7) is 5.11. The van der Waals surface area contributed by atoms with Gasteiger partial charge in [0.05, 0.1) is 24.8 Å². The summed E-state index contributed by atoms with van der Waals surface area (Å²) in [7, 11) is -1.35. The molecule has 0 aliphatic heterocycles. The van der Waals surface area contributed by atoms with Crippen LogP contribution in [0, 0.1) is 6.92 Å². The van der Waals surface area contributed by atoms with E-state index in [1.165, 1.54) is 43.4 Å². The molecule has 0 aliphatic rings. The fourth-order valence-electron chi connectivity index (χ4n) is 4.39. The number of carbonyl (C=O) groups excluding carboxylic acids is 2. The lowest BCUT2D eigenvalue weighted by Gasteiger charge is -2.33. The molecule has 3 rings (SSSR count). The van der Waals surface area contributed by atoms with Crippen LogP contribution in [-0.2, 0) is 26.2 Å². The third-order valence-electron chi connectivity index (χ3n) is 6.64. The minimum atomic E-state index is -4.25. The molecule has 1 unspecified atom stereocenters. The number of aryl methyl sites for hydroxylation is 1. The fourth-order valence-corrected chi connectivity index (χ4v) is 6.27. The van der Waals surface area contributed by atoms with E-state index in [0.29, 0.717) is 27.9 Å². The van der Waals surface area contributed by atoms with Crippen LogP contribution in [0.1, 0.15) is 31.4 Å². The Morgan fingerprint density at radius 1 is 0.929 bits per heavy atom. The second kappa shape index (κ2) is 14.6. The maximum absolute atomic E-state index is 14.1. The van der Waals surface area contributed by atoms with Gasteiger partial charge in [0, 0.05) is 29.2 Å². The number of nitrogens with one attached hydrogen (secondary N) is 1. The Morgan fingerprint density at radius 3 is 2.17 bits per heavy atom. The van der Waals surface area contributed by atoms with Gasteiger partial charge in [0.1, 0.15) is 12.6 Å². The highest BCUT2D eigenvalue weighted by Crippen LogP contribution is 2.34. The first kappa shape index (κ1) is 33.0. The molecule has 226 valence electrons. The van der Waals surface area contributed by atoms with Gasteiger partial charge >= 0.3 is 0 Å². The number of halogens is 2. The zero-order valence-electron chi connectivity index (χ0n) is 24.2. The Labute approximate surface area is 257 Å². The van der Waals surface area contributed by atoms with Crippen LogP contribution in [0.15, 0.2) is 65.6 Å². The van der Waals surface area contributed by atoms with Crippen molar-refractivity contribution in [3.05, 3.63) is 81.8 Å². The quantitative estimate of drug-likeness (QED) is 0.267. The minimum Gasteiger partial charge on any atom is -0.493 e. The van der Waals surface area contributed by atoms with Crippen LogP contribution in [0.4, 0.5) is 5.69 Å². The Hall–Kier alpha value is -3.47. The summed E-state index contributed by atoms with van der Waals surface area (Å²) >= 11 is 12.5. The maximum atomic E-state index is 14.1. The first-order valence-corrected chi connectivity index (χ1v) is 15.5. The summed E-state index contributed by atoms with van der Waals surface area (Å²) in [5.41, 5.74) is 1.61. The summed E-state index contributed by atoms with van der Waals surface area (Å²) in [5.74, 6) is -0.297. The Morgan fingerprint density at radius 2 is 1.60 bits per heavy atom. The van der Waals surface area contributed by atoms with Gasteiger partial charge in [-0.05, 0) is 62.2 Å². The van der Waals surface area contributed by atoms with Crippen molar-refractivity contribution in [2.75, 3.05) is 31.6 Å². The molecule has 0 aromatic heterocycles. The van der Waals surface area contributed by atoms with Crippen LogP contribution in [0.2, 0.25) is 10.0 Å². The highest BCUT2D eigenvalue weighted by molar-refractivity contribution is 7.92. The number of ether oxygens (including phenoxy) is 2. The van der Waals surface area contributed by atoms with E-state index in [2.05, 4.69) is 5.32 Å². The first-order chi connectivity index (χ1) is 20.0. The molecule has 0 radical (unpaired) electrons. The zero-order valence-corrected chi connectivity index (χ0v) is 26.5. The number of nitrogens with zero attached hydrogens (tertiary/aromatic N) is 2. The lowest BCUT2D eigenvalue weighted by atomic mass is 10.1. The molecule has 2 amide bonds. The SMILES string of the molecule is CCNC(=O)C(CC)N(Cc1ccc(Cl)cc1Cl)C(=O)CN(c1ccc(OC)c(OC)c1)S(=O)(=O)c1ccc(C)cc1. The number of methoxy groups -OCH3 is 2. The highest BCUT2D eigenvalue weighted by atomic mass is 35.5. The average Bonchev–Trinajstić information content (AvgIpc) is 2.96. The van der Waals surface area contributed by atoms with E-state index in [0.717, 1.165) is 9.87 Å². The van der Waals surface area contributed by atoms with Gasteiger partial charge in [0.25, 0.3) is 10.0 Å². The smallest absolute Gasteiger partial charge is 0.264 e. The number of hydrogen-bond donors (Lipinski definition) is 1. The molecular formula is C30H35Cl2N3O6S. The molecule has 0 fully saturated rings. The molecule has 0 saturated heterocycles. The van der Waals surface area contributed by atoms with Crippen molar-refractivity contribution >= 4 is 50.7 Å². The summed E-state index contributed by atoms with van der Waals surface area (Å²) in [5, 5.41) is 3.50. The first-order valence-electron chi connectivity index (χ1n) is 13.3. The molecule has 0 saturated carbocycles. The van der Waals surface area contributed by atoms with Crippen molar-refractivity contribution in [2.45, 2.75) is 44.7 Å². The number of likely N-dealkylation sites (N-methyl/N-ethyl adjacent to an activating group) is 1. The number of benzene rings is 3. The normalized spacial score (nSPS) is 11.9. The van der Waals surface area contributed by atoms with Crippen LogP contribution < -0.4 is 19.1 Å². The van der Waals surface area contributed by atoms with Gasteiger partial charge in [0.15, 0.2) is 11.5 Å². The standard InChI is InChI=1S/C30H35Cl2N3O6S/c1-6-26(30(37)33-7-2)34(18-21-10-11-22(31)16-25(21)32)29(36)19-35(23-12-15-27(40-4)28(17-23)41-5)42(38,39)24-13-8-20(3)9-14-24/h8-17,26H,6-7,18-19H2,1-5H3,(H,33,37). The van der Waals surface area contributed by atoms with E-state index in [4.69, 9.17) is 32.7 Å². The largest absolute Gasteiger partial charge is 0.493 e. The van der Waals surface area contributed by atoms with Gasteiger partial charge in [-0.2, -0.15) is 0 Å². The Balaban J connectivity index is 2.14. The zero-order chi connectivity index (χ0) is 31.0. The van der Waals surface area contributed by atoms with Gasteiger partial charge in [-0.25, -0.2) is 8.42 Å². The van der Waals surface area contributed by atoms with Crippen LogP contribution >= 0.6 is 23.2 Å². The minimum absolute atomic E-state index is 0.00116. The second-order valence-corrected chi connectivity index (χ2v) is 12.1. The van der Waals surface area contributed by atoms with Crippen LogP contribution in [0.5, 0.6) is 11.5 Å². The van der Waals surface area contributed by atoms with Crippen molar-refractivity contribution in [2.24, 2.45) is 0 Å². The molecule has 1 atom stereocenters. The van der Waals surface area contributed by atoms with Crippen molar-refractivity contribution in [3.8, 4) is 11.5 Å². The van der Waals surface area contributed by atoms with Crippen molar-refractivity contribution in [1.82, 2.24) is 10.2 Å². The summed E-state index contributed by atoms with van der Waals surface area (Å²) in [6.07, 6.45) is 0.282. The van der Waals surface area contributed by atoms with Crippen molar-refractivity contribution in [3.63, 3.8) is 0 Å². The molecule has 3 aromatic carbocycles. The molecule has 0 aliphatic carbocycles. The van der Waals surface area contributed by atoms with E-state index in [1.807, 2.05) is 6.92 Å². The van der Waals surface area contributed by atoms with Crippen molar-refractivity contribution in [1.29, 1.82) is 0 Å². The number of sulfonamides is 1. The Bertz CT molecular complexity index is 1520. The molecule has 1 N–H and O–H groups in total. The van der Waals surface area contributed by atoms with Crippen LogP contribution in [0.3, 0.4) is 0 Å². The second-order valence-electron chi connectivity index (χ2n) is 9.44. The van der Waals surface area contributed by atoms with Crippen LogP contribution in [-0.4, -0.2) is 58.5 Å². The summed E-state index contributed by atoms with van der Waals surface area (Å²) in [4.78, 5) is 28.6. The number of hydrogen-bond acceptors (Lipinski definition) is 6. The highest BCUT2D eigenvalue weighted by Gasteiger charge is 2.34. The molecule has 3 aromatic rings. The fraction of sp³-hybridized carbons (Fsp3) is 0.333. The Kier molecular flexibility index (Phi) is 11.5. The number of rotatable bonds is 13. The summed E-state index contributed by atoms with van der Waals surface area (Å²) in [6, 6.07) is 14.9. The van der Waals surface area contributed by atoms with Crippen molar-refractivity contribution < 1.29 is 27.5 Å². The third kappa shape index (κ3) is 7.67. The average molecular weight is 637 g/mol. The molecule has 0 heterocycles. The predicted molar refractivity (Wildman–Crippen MR) is 165 cm³/mol. The summed E-state index contributed by atoms with van der Waals surface area (Å²) < 4.78 is 39.8. The maximum Gasteiger partial charge on any atom is 0.264 e. The molecule has 0 spiro atoms. The van der Waals surface area contributed by atoms with E-state index >= 15 is 0 Å². The molecule has 42 heavy (non-hydrogen) atoms. The van der Waals surface area contributed by atoms with Gasteiger partial charge in [-0.3, -0.25) is 13.9 Å². The molecular weight excluding hydrogens is 601 g/mol. The van der Waals surface area contributed by atoms with Gasteiger partial charge in [0.2, 0.25) is 11.8 Å². The molecule has 0 bridgehead atoms. The third-order valence-corrected chi connectivity index (χ3v) is 9.01. The number of carbonyl (C=O) groups is 2. The topological polar surface area (TPSA) is 105 Å². The van der Waals surface area contributed by atoms with E-state index in [-0.39, 0.29) is 35.2 Å². The predicted octanol–water partition coefficient (Wildman–Crippen LogP) is 5.46. The van der Waals surface area contributed by atoms with E-state index in [9.17, 15) is 18.0 Å². The lowest BCUT2D eigenvalue weighted by molar-refractivity contribution is -0.140. The van der Waals surface area contributed by atoms with Gasteiger partial charge in [-0.15, -0.1) is 0 Å². The molecule has 12 heteroatoms. The monoisotopic (exact) mass is 635 g/mol. The van der Waals surface area contributed by atoms with Crippen LogP contribution in [0.25, 0.3) is 0 Å². The van der Waals surface area contributed by atoms with E-state index < -0.39 is 28.5 Å².